The minimum Gasteiger partial charge on any atom is -0.506 e. The van der Waals surface area contributed by atoms with Crippen LogP contribution in [-0.4, -0.2) is 45.0 Å². The predicted octanol–water partition coefficient (Wildman–Crippen LogP) is 4.28. The normalized spacial score (nSPS) is 15.5. The van der Waals surface area contributed by atoms with Crippen molar-refractivity contribution in [2.45, 2.75) is 19.8 Å². The van der Waals surface area contributed by atoms with Gasteiger partial charge in [0, 0.05) is 22.9 Å². The van der Waals surface area contributed by atoms with Gasteiger partial charge in [0.2, 0.25) is 0 Å². The molecule has 1 saturated heterocycles. The number of likely N-dealkylation sites (tertiary alicyclic amines) is 1. The smallest absolute Gasteiger partial charge is 0.306 e. The highest BCUT2D eigenvalue weighted by atomic mass is 79.9. The second-order valence-electron chi connectivity index (χ2n) is 6.55. The fourth-order valence-electron chi connectivity index (χ4n) is 3.01. The third-order valence-electron chi connectivity index (χ3n) is 4.71. The number of benzene rings is 1. The molecule has 28 heavy (non-hydrogen) atoms. The number of halogens is 1. The van der Waals surface area contributed by atoms with Gasteiger partial charge in [-0.15, -0.1) is 11.3 Å². The van der Waals surface area contributed by atoms with Crippen molar-refractivity contribution >= 4 is 56.3 Å². The molecule has 3 rings (SSSR count). The third-order valence-corrected chi connectivity index (χ3v) is 6.61. The van der Waals surface area contributed by atoms with Crippen molar-refractivity contribution in [2.24, 2.45) is 11.0 Å². The van der Waals surface area contributed by atoms with Crippen molar-refractivity contribution in [1.29, 1.82) is 0 Å². The summed E-state index contributed by atoms with van der Waals surface area (Å²) in [7, 11) is 0. The van der Waals surface area contributed by atoms with Gasteiger partial charge < -0.3 is 15.1 Å². The Labute approximate surface area is 181 Å². The molecule has 1 aliphatic rings. The number of nitrogens with zero attached hydrogens (tertiary/aromatic N) is 2. The molecule has 0 spiro atoms. The monoisotopic (exact) mass is 481 g/mol. The maximum absolute atomic E-state index is 11.0. The van der Waals surface area contributed by atoms with Gasteiger partial charge in [0.15, 0.2) is 5.11 Å². The zero-order chi connectivity index (χ0) is 20.3. The van der Waals surface area contributed by atoms with E-state index in [1.54, 1.807) is 6.92 Å². The van der Waals surface area contributed by atoms with Crippen LogP contribution < -0.4 is 5.43 Å². The van der Waals surface area contributed by atoms with E-state index in [1.807, 2.05) is 34.5 Å². The summed E-state index contributed by atoms with van der Waals surface area (Å²) < 4.78 is 0.982. The van der Waals surface area contributed by atoms with Crippen LogP contribution in [0.4, 0.5) is 0 Å². The maximum Gasteiger partial charge on any atom is 0.306 e. The lowest BCUT2D eigenvalue weighted by atomic mass is 9.97. The molecule has 0 amide bonds. The Bertz CT molecular complexity index is 904. The van der Waals surface area contributed by atoms with Gasteiger partial charge in [0.1, 0.15) is 5.75 Å². The molecule has 0 aliphatic carbocycles. The Balaban J connectivity index is 1.65. The Morgan fingerprint density at radius 2 is 1.96 bits per heavy atom. The van der Waals surface area contributed by atoms with Gasteiger partial charge in [-0.3, -0.25) is 10.2 Å². The largest absolute Gasteiger partial charge is 0.506 e. The first-order valence-corrected chi connectivity index (χ1v) is 10.8. The molecule has 0 atom stereocenters. The van der Waals surface area contributed by atoms with Crippen molar-refractivity contribution < 1.29 is 15.0 Å². The maximum atomic E-state index is 11.0. The molecule has 0 bridgehead atoms. The number of carboxylic acids is 1. The standard InChI is InChI=1S/C19H20BrN3O3S2/c1-11(21-22-19(27)23-8-6-13(7-9-23)18(25)26)15-10-28-17(16(15)24)12-2-4-14(20)5-3-12/h2-5,10,13,24H,6-9H2,1H3,(H,22,27)(H,25,26)/b21-11-. The summed E-state index contributed by atoms with van der Waals surface area (Å²) in [4.78, 5) is 13.8. The summed E-state index contributed by atoms with van der Waals surface area (Å²) in [6, 6.07) is 7.76. The van der Waals surface area contributed by atoms with Crippen LogP contribution in [0, 0.1) is 5.92 Å². The summed E-state index contributed by atoms with van der Waals surface area (Å²) >= 11 is 10.2. The van der Waals surface area contributed by atoms with Crippen LogP contribution in [0.1, 0.15) is 25.3 Å². The highest BCUT2D eigenvalue weighted by Crippen LogP contribution is 2.39. The van der Waals surface area contributed by atoms with Gasteiger partial charge >= 0.3 is 5.97 Å². The molecule has 2 aromatic rings. The van der Waals surface area contributed by atoms with E-state index in [0.717, 1.165) is 14.9 Å². The summed E-state index contributed by atoms with van der Waals surface area (Å²) in [5.74, 6) is -0.852. The minimum absolute atomic E-state index is 0.198. The zero-order valence-electron chi connectivity index (χ0n) is 15.2. The van der Waals surface area contributed by atoms with Crippen molar-refractivity contribution in [3.8, 4) is 16.2 Å². The Morgan fingerprint density at radius 1 is 1.32 bits per heavy atom. The van der Waals surface area contributed by atoms with Crippen LogP contribution in [-0.2, 0) is 4.79 Å². The lowest BCUT2D eigenvalue weighted by Gasteiger charge is -2.31. The van der Waals surface area contributed by atoms with Crippen molar-refractivity contribution in [3.05, 3.63) is 39.7 Å². The molecule has 1 aromatic heterocycles. The highest BCUT2D eigenvalue weighted by molar-refractivity contribution is 9.10. The number of carboxylic acid groups (broad SMARTS) is 1. The van der Waals surface area contributed by atoms with Gasteiger partial charge in [-0.1, -0.05) is 28.1 Å². The number of hydrogen-bond donors (Lipinski definition) is 3. The van der Waals surface area contributed by atoms with E-state index in [9.17, 15) is 9.90 Å². The number of aliphatic carboxylic acids is 1. The van der Waals surface area contributed by atoms with Gasteiger partial charge in [-0.2, -0.15) is 5.10 Å². The fourth-order valence-corrected chi connectivity index (χ4v) is 4.51. The number of nitrogens with one attached hydrogen (secondary N) is 1. The molecule has 148 valence electrons. The molecule has 2 heterocycles. The summed E-state index contributed by atoms with van der Waals surface area (Å²) in [6.07, 6.45) is 1.14. The van der Waals surface area contributed by atoms with Crippen molar-refractivity contribution in [1.82, 2.24) is 10.3 Å². The van der Waals surface area contributed by atoms with Crippen LogP contribution in [0.5, 0.6) is 5.75 Å². The number of hydrogen-bond acceptors (Lipinski definition) is 5. The van der Waals surface area contributed by atoms with Crippen LogP contribution in [0.3, 0.4) is 0 Å². The second-order valence-corrected chi connectivity index (χ2v) is 8.73. The van der Waals surface area contributed by atoms with Crippen LogP contribution >= 0.6 is 39.5 Å². The SMILES string of the molecule is C/C(=N/NC(=S)N1CCC(C(=O)O)CC1)c1csc(-c2ccc(Br)cc2)c1O. The molecule has 0 unspecified atom stereocenters. The van der Waals surface area contributed by atoms with E-state index < -0.39 is 5.97 Å². The number of piperidine rings is 1. The minimum atomic E-state index is -0.748. The number of rotatable bonds is 4. The molecule has 6 nitrogen and oxygen atoms in total. The Hall–Kier alpha value is -1.97. The third kappa shape index (κ3) is 4.71. The first-order valence-electron chi connectivity index (χ1n) is 8.75. The topological polar surface area (TPSA) is 85.2 Å². The van der Waals surface area contributed by atoms with Gasteiger partial charge in [0.05, 0.1) is 22.1 Å². The molecule has 0 saturated carbocycles. The lowest BCUT2D eigenvalue weighted by Crippen LogP contribution is -2.44. The van der Waals surface area contributed by atoms with E-state index in [-0.39, 0.29) is 11.7 Å². The summed E-state index contributed by atoms with van der Waals surface area (Å²) in [5.41, 5.74) is 5.08. The molecular formula is C19H20BrN3O3S2. The van der Waals surface area contributed by atoms with Gasteiger partial charge in [0.25, 0.3) is 0 Å². The average Bonchev–Trinajstić information content (AvgIpc) is 3.08. The van der Waals surface area contributed by atoms with Crippen molar-refractivity contribution in [2.75, 3.05) is 13.1 Å². The number of hydrazone groups is 1. The predicted molar refractivity (Wildman–Crippen MR) is 119 cm³/mol. The molecule has 9 heteroatoms. The van der Waals surface area contributed by atoms with Crippen LogP contribution in [0.2, 0.25) is 0 Å². The lowest BCUT2D eigenvalue weighted by molar-refractivity contribution is -0.143. The molecule has 0 radical (unpaired) electrons. The van der Waals surface area contributed by atoms with E-state index in [4.69, 9.17) is 17.3 Å². The number of thiophene rings is 1. The highest BCUT2D eigenvalue weighted by Gasteiger charge is 2.25. The van der Waals surface area contributed by atoms with Gasteiger partial charge in [-0.25, -0.2) is 0 Å². The molecule has 1 aliphatic heterocycles. The second kappa shape index (κ2) is 9.02. The first kappa shape index (κ1) is 20.8. The van der Waals surface area contributed by atoms with E-state index in [2.05, 4.69) is 26.5 Å². The van der Waals surface area contributed by atoms with Gasteiger partial charge in [-0.05, 0) is 49.7 Å². The van der Waals surface area contributed by atoms with E-state index in [0.29, 0.717) is 42.3 Å². The van der Waals surface area contributed by atoms with Crippen LogP contribution in [0.15, 0.2) is 39.2 Å². The Morgan fingerprint density at radius 3 is 2.57 bits per heavy atom. The average molecular weight is 482 g/mol. The fraction of sp³-hybridized carbons (Fsp3) is 0.316. The van der Waals surface area contributed by atoms with Crippen LogP contribution in [0.25, 0.3) is 10.4 Å². The number of aromatic hydroxyl groups is 1. The van der Waals surface area contributed by atoms with Crippen molar-refractivity contribution in [3.63, 3.8) is 0 Å². The number of carbonyl (C=O) groups is 1. The first-order chi connectivity index (χ1) is 13.4. The summed E-state index contributed by atoms with van der Waals surface area (Å²) in [5, 5.41) is 26.3. The zero-order valence-corrected chi connectivity index (χ0v) is 18.4. The Kier molecular flexibility index (Phi) is 6.69. The molecular weight excluding hydrogens is 462 g/mol. The number of thiocarbonyl (C=S) groups is 1. The quantitative estimate of drug-likeness (QED) is 0.343. The van der Waals surface area contributed by atoms with E-state index in [1.165, 1.54) is 11.3 Å². The molecule has 1 fully saturated rings. The summed E-state index contributed by atoms with van der Waals surface area (Å²) in [6.45, 7) is 2.99. The molecule has 1 aromatic carbocycles. The molecule has 3 N–H and O–H groups in total. The van der Waals surface area contributed by atoms with E-state index >= 15 is 0 Å².